The molecule has 1 aliphatic heterocycles. The van der Waals surface area contributed by atoms with Gasteiger partial charge in [-0.05, 0) is 13.8 Å². The lowest BCUT2D eigenvalue weighted by Gasteiger charge is -2.24. The Kier molecular flexibility index (Phi) is 3.83. The molecule has 1 aliphatic rings. The van der Waals surface area contributed by atoms with E-state index in [1.807, 2.05) is 13.8 Å². The summed E-state index contributed by atoms with van der Waals surface area (Å²) < 4.78 is 10.7. The molecule has 0 aromatic rings. The molecule has 0 aromatic heterocycles. The van der Waals surface area contributed by atoms with E-state index in [-0.39, 0.29) is 0 Å². The molecule has 1 heterocycles. The molecule has 1 saturated heterocycles. The van der Waals surface area contributed by atoms with E-state index in [1.165, 1.54) is 0 Å². The minimum absolute atomic E-state index is 0.318. The zero-order valence-corrected chi connectivity index (χ0v) is 7.30. The smallest absolute Gasteiger partial charge is 0.0645 e. The minimum Gasteiger partial charge on any atom is -0.378 e. The molecular formula is C8H17NO2. The minimum atomic E-state index is 0.318. The van der Waals surface area contributed by atoms with Gasteiger partial charge in [-0.1, -0.05) is 0 Å². The van der Waals surface area contributed by atoms with Crippen molar-refractivity contribution in [1.29, 1.82) is 0 Å². The number of rotatable bonds is 3. The van der Waals surface area contributed by atoms with Gasteiger partial charge in [-0.3, -0.25) is 0 Å². The maximum atomic E-state index is 5.44. The topological polar surface area (TPSA) is 30.5 Å². The number of nitrogens with one attached hydrogen (secondary N) is 1. The molecule has 66 valence electrons. The third-order valence-corrected chi connectivity index (χ3v) is 1.63. The number of morpholine rings is 1. The summed E-state index contributed by atoms with van der Waals surface area (Å²) in [5, 5.41) is 3.32. The highest BCUT2D eigenvalue weighted by Crippen LogP contribution is 1.96. The Morgan fingerprint density at radius 2 is 2.45 bits per heavy atom. The van der Waals surface area contributed by atoms with Gasteiger partial charge in [0.2, 0.25) is 0 Å². The van der Waals surface area contributed by atoms with Gasteiger partial charge in [0.1, 0.15) is 0 Å². The monoisotopic (exact) mass is 159 g/mol. The molecule has 0 radical (unpaired) electrons. The molecule has 0 spiro atoms. The lowest BCUT2D eigenvalue weighted by molar-refractivity contribution is 0.00894. The van der Waals surface area contributed by atoms with Crippen LogP contribution in [0.2, 0.25) is 0 Å². The lowest BCUT2D eigenvalue weighted by atomic mass is 10.3. The molecule has 1 atom stereocenters. The quantitative estimate of drug-likeness (QED) is 0.646. The first-order valence-corrected chi connectivity index (χ1v) is 4.22. The Morgan fingerprint density at radius 1 is 1.64 bits per heavy atom. The second-order valence-electron chi connectivity index (χ2n) is 3.11. The van der Waals surface area contributed by atoms with Gasteiger partial charge in [0.25, 0.3) is 0 Å². The van der Waals surface area contributed by atoms with Crippen molar-refractivity contribution in [2.45, 2.75) is 26.0 Å². The zero-order chi connectivity index (χ0) is 8.10. The fourth-order valence-corrected chi connectivity index (χ4v) is 1.04. The van der Waals surface area contributed by atoms with Crippen LogP contribution in [0.5, 0.6) is 0 Å². The molecule has 3 nitrogen and oxygen atoms in total. The average Bonchev–Trinajstić information content (AvgIpc) is 2.03. The van der Waals surface area contributed by atoms with Gasteiger partial charge in [0.15, 0.2) is 0 Å². The van der Waals surface area contributed by atoms with Crippen LogP contribution in [0.3, 0.4) is 0 Å². The van der Waals surface area contributed by atoms with Crippen molar-refractivity contribution in [3.63, 3.8) is 0 Å². The molecule has 0 aliphatic carbocycles. The number of ether oxygens (including phenoxy) is 2. The Bertz CT molecular complexity index is 100. The van der Waals surface area contributed by atoms with Gasteiger partial charge >= 0.3 is 0 Å². The van der Waals surface area contributed by atoms with Gasteiger partial charge in [0, 0.05) is 6.54 Å². The predicted octanol–water partition coefficient (Wildman–Crippen LogP) is 0.400. The van der Waals surface area contributed by atoms with Crippen molar-refractivity contribution in [3.05, 3.63) is 0 Å². The molecule has 1 rings (SSSR count). The molecule has 1 N–H and O–H groups in total. The summed E-state index contributed by atoms with van der Waals surface area (Å²) >= 11 is 0. The SMILES string of the molecule is CC(C)OC[C@H]1COCCN1. The van der Waals surface area contributed by atoms with Crippen molar-refractivity contribution in [2.24, 2.45) is 0 Å². The number of hydrogen-bond donors (Lipinski definition) is 1. The highest BCUT2D eigenvalue weighted by atomic mass is 16.5. The summed E-state index contributed by atoms with van der Waals surface area (Å²) in [6.45, 7) is 7.42. The van der Waals surface area contributed by atoms with Crippen LogP contribution in [-0.2, 0) is 9.47 Å². The molecule has 1 fully saturated rings. The molecule has 0 unspecified atom stereocenters. The maximum absolute atomic E-state index is 5.44. The van der Waals surface area contributed by atoms with Gasteiger partial charge in [-0.25, -0.2) is 0 Å². The summed E-state index contributed by atoms with van der Waals surface area (Å²) in [6, 6.07) is 0.395. The van der Waals surface area contributed by atoms with Crippen molar-refractivity contribution < 1.29 is 9.47 Å². The van der Waals surface area contributed by atoms with Crippen molar-refractivity contribution in [3.8, 4) is 0 Å². The van der Waals surface area contributed by atoms with E-state index in [2.05, 4.69) is 5.32 Å². The Labute approximate surface area is 68.1 Å². The lowest BCUT2D eigenvalue weighted by Crippen LogP contribution is -2.44. The molecular weight excluding hydrogens is 142 g/mol. The fourth-order valence-electron chi connectivity index (χ4n) is 1.04. The summed E-state index contributed by atoms with van der Waals surface area (Å²) in [5.74, 6) is 0. The third-order valence-electron chi connectivity index (χ3n) is 1.63. The summed E-state index contributed by atoms with van der Waals surface area (Å²) in [5.41, 5.74) is 0. The summed E-state index contributed by atoms with van der Waals surface area (Å²) in [6.07, 6.45) is 0.318. The van der Waals surface area contributed by atoms with E-state index in [0.717, 1.165) is 26.4 Å². The van der Waals surface area contributed by atoms with Gasteiger partial charge in [-0.2, -0.15) is 0 Å². The Hall–Kier alpha value is -0.120. The standard InChI is InChI=1S/C8H17NO2/c1-7(2)11-6-8-5-10-4-3-9-8/h7-9H,3-6H2,1-2H3/t8-/m1/s1. The molecule has 0 amide bonds. The van der Waals surface area contributed by atoms with Crippen LogP contribution in [0, 0.1) is 0 Å². The van der Waals surface area contributed by atoms with E-state index < -0.39 is 0 Å². The molecule has 3 heteroatoms. The number of hydrogen-bond acceptors (Lipinski definition) is 3. The van der Waals surface area contributed by atoms with Crippen LogP contribution in [0.15, 0.2) is 0 Å². The van der Waals surface area contributed by atoms with Crippen LogP contribution in [0.25, 0.3) is 0 Å². The normalized spacial score (nSPS) is 25.9. The van der Waals surface area contributed by atoms with Gasteiger partial charge < -0.3 is 14.8 Å². The predicted molar refractivity (Wildman–Crippen MR) is 43.7 cm³/mol. The summed E-state index contributed by atoms with van der Waals surface area (Å²) in [7, 11) is 0. The van der Waals surface area contributed by atoms with Crippen LogP contribution in [0.1, 0.15) is 13.8 Å². The second kappa shape index (κ2) is 4.70. The first kappa shape index (κ1) is 8.97. The van der Waals surface area contributed by atoms with E-state index in [9.17, 15) is 0 Å². The van der Waals surface area contributed by atoms with Crippen molar-refractivity contribution in [1.82, 2.24) is 5.32 Å². The molecule has 0 aromatic carbocycles. The first-order valence-electron chi connectivity index (χ1n) is 4.22. The average molecular weight is 159 g/mol. The Morgan fingerprint density at radius 3 is 3.00 bits per heavy atom. The molecule has 0 bridgehead atoms. The van der Waals surface area contributed by atoms with Crippen molar-refractivity contribution in [2.75, 3.05) is 26.4 Å². The van der Waals surface area contributed by atoms with E-state index in [1.54, 1.807) is 0 Å². The van der Waals surface area contributed by atoms with Crippen LogP contribution in [-0.4, -0.2) is 38.5 Å². The highest BCUT2D eigenvalue weighted by molar-refractivity contribution is 4.69. The zero-order valence-electron chi connectivity index (χ0n) is 7.30. The largest absolute Gasteiger partial charge is 0.378 e. The fraction of sp³-hybridized carbons (Fsp3) is 1.00. The molecule has 11 heavy (non-hydrogen) atoms. The van der Waals surface area contributed by atoms with E-state index >= 15 is 0 Å². The van der Waals surface area contributed by atoms with Crippen LogP contribution >= 0.6 is 0 Å². The van der Waals surface area contributed by atoms with Crippen molar-refractivity contribution >= 4 is 0 Å². The van der Waals surface area contributed by atoms with Crippen LogP contribution in [0.4, 0.5) is 0 Å². The molecule has 0 saturated carbocycles. The maximum Gasteiger partial charge on any atom is 0.0645 e. The van der Waals surface area contributed by atoms with Gasteiger partial charge in [-0.15, -0.1) is 0 Å². The van der Waals surface area contributed by atoms with E-state index in [4.69, 9.17) is 9.47 Å². The van der Waals surface area contributed by atoms with Gasteiger partial charge in [0.05, 0.1) is 32.0 Å². The highest BCUT2D eigenvalue weighted by Gasteiger charge is 2.12. The van der Waals surface area contributed by atoms with E-state index in [0.29, 0.717) is 12.1 Å². The third kappa shape index (κ3) is 3.70. The summed E-state index contributed by atoms with van der Waals surface area (Å²) in [4.78, 5) is 0. The van der Waals surface area contributed by atoms with Crippen LogP contribution < -0.4 is 5.32 Å². The Balaban J connectivity index is 2.05. The second-order valence-corrected chi connectivity index (χ2v) is 3.11. The first-order chi connectivity index (χ1) is 5.29.